The number of carboxylic acid groups (broad SMARTS) is 1. The van der Waals surface area contributed by atoms with E-state index in [-0.39, 0.29) is 11.4 Å². The Morgan fingerprint density at radius 3 is 2.67 bits per heavy atom. The molecule has 2 aromatic rings. The first-order valence-corrected chi connectivity index (χ1v) is 5.74. The second-order valence-electron chi connectivity index (χ2n) is 3.99. The molecule has 21 heavy (non-hydrogen) atoms. The minimum Gasteiger partial charge on any atom is -0.477 e. The largest absolute Gasteiger partial charge is 0.477 e. The Balaban J connectivity index is 2.48. The molecule has 0 bridgehead atoms. The molecule has 1 amide bonds. The molecule has 1 heterocycles. The third kappa shape index (κ3) is 2.71. The highest BCUT2D eigenvalue weighted by Crippen LogP contribution is 2.22. The van der Waals surface area contributed by atoms with Crippen molar-refractivity contribution in [2.45, 2.75) is 0 Å². The highest BCUT2D eigenvalue weighted by atomic mass is 16.6. The number of hydrogen-bond acceptors (Lipinski definition) is 5. The SMILES string of the molecule is CNC(=O)c1ccn(-c2ccc(C(=O)O)c([N+](=O)[O-])c2)n1. The Kier molecular flexibility index (Phi) is 3.65. The van der Waals surface area contributed by atoms with Gasteiger partial charge in [-0.3, -0.25) is 14.9 Å². The van der Waals surface area contributed by atoms with Gasteiger partial charge in [0.1, 0.15) is 5.56 Å². The summed E-state index contributed by atoms with van der Waals surface area (Å²) in [6.45, 7) is 0. The molecule has 0 unspecified atom stereocenters. The molecular weight excluding hydrogens is 280 g/mol. The van der Waals surface area contributed by atoms with Gasteiger partial charge >= 0.3 is 5.97 Å². The number of hydrogen-bond donors (Lipinski definition) is 2. The lowest BCUT2D eigenvalue weighted by Crippen LogP contribution is -2.18. The maximum absolute atomic E-state index is 11.4. The van der Waals surface area contributed by atoms with E-state index in [2.05, 4.69) is 10.4 Å². The van der Waals surface area contributed by atoms with Crippen LogP contribution in [0.25, 0.3) is 5.69 Å². The van der Waals surface area contributed by atoms with Crippen LogP contribution in [0.4, 0.5) is 5.69 Å². The van der Waals surface area contributed by atoms with Crippen molar-refractivity contribution in [1.29, 1.82) is 0 Å². The molecule has 0 aliphatic rings. The van der Waals surface area contributed by atoms with Gasteiger partial charge in [-0.05, 0) is 18.2 Å². The Hall–Kier alpha value is -3.23. The Labute approximate surface area is 118 Å². The lowest BCUT2D eigenvalue weighted by atomic mass is 10.1. The first kappa shape index (κ1) is 14.2. The monoisotopic (exact) mass is 290 g/mol. The van der Waals surface area contributed by atoms with Crippen molar-refractivity contribution in [1.82, 2.24) is 15.1 Å². The maximum Gasteiger partial charge on any atom is 0.342 e. The Bertz CT molecular complexity index is 737. The van der Waals surface area contributed by atoms with Gasteiger partial charge in [0.15, 0.2) is 5.69 Å². The molecule has 1 aromatic heterocycles. The number of rotatable bonds is 4. The van der Waals surface area contributed by atoms with E-state index >= 15 is 0 Å². The lowest BCUT2D eigenvalue weighted by molar-refractivity contribution is -0.385. The second-order valence-corrected chi connectivity index (χ2v) is 3.99. The van der Waals surface area contributed by atoms with E-state index in [1.54, 1.807) is 0 Å². The number of nitrogens with zero attached hydrogens (tertiary/aromatic N) is 3. The van der Waals surface area contributed by atoms with Gasteiger partial charge in [0.2, 0.25) is 0 Å². The van der Waals surface area contributed by atoms with E-state index in [0.717, 1.165) is 12.1 Å². The summed E-state index contributed by atoms with van der Waals surface area (Å²) < 4.78 is 1.25. The number of nitrogens with one attached hydrogen (secondary N) is 1. The summed E-state index contributed by atoms with van der Waals surface area (Å²) in [6.07, 6.45) is 1.45. The number of nitro benzene ring substituents is 1. The number of aromatic nitrogens is 2. The molecule has 0 spiro atoms. The van der Waals surface area contributed by atoms with Gasteiger partial charge in [-0.25, -0.2) is 9.48 Å². The number of carbonyl (C=O) groups excluding carboxylic acids is 1. The first-order valence-electron chi connectivity index (χ1n) is 5.74. The summed E-state index contributed by atoms with van der Waals surface area (Å²) >= 11 is 0. The summed E-state index contributed by atoms with van der Waals surface area (Å²) in [5.41, 5.74) is -0.538. The molecule has 1 aromatic carbocycles. The normalized spacial score (nSPS) is 10.1. The first-order chi connectivity index (χ1) is 9.93. The number of benzene rings is 1. The van der Waals surface area contributed by atoms with Gasteiger partial charge in [0.25, 0.3) is 11.6 Å². The summed E-state index contributed by atoms with van der Waals surface area (Å²) in [4.78, 5) is 32.5. The van der Waals surface area contributed by atoms with Crippen LogP contribution in [0.3, 0.4) is 0 Å². The highest BCUT2D eigenvalue weighted by Gasteiger charge is 2.21. The van der Waals surface area contributed by atoms with E-state index in [9.17, 15) is 19.7 Å². The van der Waals surface area contributed by atoms with Crippen LogP contribution in [0.1, 0.15) is 20.8 Å². The molecule has 0 fully saturated rings. The summed E-state index contributed by atoms with van der Waals surface area (Å²) in [5.74, 6) is -1.79. The average molecular weight is 290 g/mol. The Morgan fingerprint density at radius 2 is 2.10 bits per heavy atom. The molecule has 0 saturated carbocycles. The average Bonchev–Trinajstić information content (AvgIpc) is 2.95. The van der Waals surface area contributed by atoms with Crippen molar-refractivity contribution in [3.63, 3.8) is 0 Å². The summed E-state index contributed by atoms with van der Waals surface area (Å²) in [7, 11) is 1.45. The molecule has 0 aliphatic heterocycles. The molecule has 9 heteroatoms. The quantitative estimate of drug-likeness (QED) is 0.634. The van der Waals surface area contributed by atoms with Crippen LogP contribution >= 0.6 is 0 Å². The second kappa shape index (κ2) is 5.41. The molecule has 0 saturated heterocycles. The zero-order valence-electron chi connectivity index (χ0n) is 10.8. The highest BCUT2D eigenvalue weighted by molar-refractivity contribution is 5.93. The number of carboxylic acids is 1. The van der Waals surface area contributed by atoms with E-state index in [0.29, 0.717) is 0 Å². The molecule has 2 rings (SSSR count). The molecule has 108 valence electrons. The number of carbonyl (C=O) groups is 2. The van der Waals surface area contributed by atoms with E-state index < -0.39 is 28.1 Å². The molecule has 0 radical (unpaired) electrons. The fourth-order valence-electron chi connectivity index (χ4n) is 1.71. The summed E-state index contributed by atoms with van der Waals surface area (Å²) in [6, 6.07) is 5.02. The fraction of sp³-hybridized carbons (Fsp3) is 0.0833. The summed E-state index contributed by atoms with van der Waals surface area (Å²) in [5, 5.41) is 26.2. The van der Waals surface area contributed by atoms with Crippen LogP contribution < -0.4 is 5.32 Å². The molecular formula is C12H10N4O5. The topological polar surface area (TPSA) is 127 Å². The van der Waals surface area contributed by atoms with E-state index in [4.69, 9.17) is 5.11 Å². The van der Waals surface area contributed by atoms with Gasteiger partial charge in [-0.2, -0.15) is 5.10 Å². The number of nitro groups is 1. The zero-order chi connectivity index (χ0) is 15.6. The van der Waals surface area contributed by atoms with E-state index in [1.807, 2.05) is 0 Å². The van der Waals surface area contributed by atoms with Gasteiger partial charge in [-0.15, -0.1) is 0 Å². The van der Waals surface area contributed by atoms with Gasteiger partial charge in [0, 0.05) is 19.3 Å². The molecule has 2 N–H and O–H groups in total. The third-order valence-corrected chi connectivity index (χ3v) is 2.72. The van der Waals surface area contributed by atoms with Crippen LogP contribution in [0.15, 0.2) is 30.5 Å². The predicted molar refractivity (Wildman–Crippen MR) is 70.6 cm³/mol. The molecule has 9 nitrogen and oxygen atoms in total. The van der Waals surface area contributed by atoms with Crippen molar-refractivity contribution in [3.8, 4) is 5.69 Å². The third-order valence-electron chi connectivity index (χ3n) is 2.72. The van der Waals surface area contributed by atoms with Crippen LogP contribution in [0.5, 0.6) is 0 Å². The zero-order valence-corrected chi connectivity index (χ0v) is 10.8. The minimum atomic E-state index is -1.39. The van der Waals surface area contributed by atoms with Gasteiger partial charge in [0.05, 0.1) is 10.6 Å². The van der Waals surface area contributed by atoms with Gasteiger partial charge < -0.3 is 10.4 Å². The predicted octanol–water partition coefficient (Wildman–Crippen LogP) is 0.838. The van der Waals surface area contributed by atoms with E-state index in [1.165, 1.54) is 30.1 Å². The standard InChI is InChI=1S/C12H10N4O5/c1-13-11(17)9-4-5-15(14-9)7-2-3-8(12(18)19)10(6-7)16(20)21/h2-6H,1H3,(H,13,17)(H,18,19). The number of amides is 1. The van der Waals surface area contributed by atoms with Gasteiger partial charge in [-0.1, -0.05) is 0 Å². The smallest absolute Gasteiger partial charge is 0.342 e. The molecule has 0 aliphatic carbocycles. The van der Waals surface area contributed by atoms with Crippen molar-refractivity contribution < 1.29 is 19.6 Å². The van der Waals surface area contributed by atoms with Crippen molar-refractivity contribution in [2.24, 2.45) is 0 Å². The van der Waals surface area contributed by atoms with Crippen molar-refractivity contribution in [3.05, 3.63) is 51.8 Å². The van der Waals surface area contributed by atoms with Crippen LogP contribution in [0.2, 0.25) is 0 Å². The van der Waals surface area contributed by atoms with Crippen molar-refractivity contribution >= 4 is 17.6 Å². The number of aromatic carboxylic acids is 1. The fourth-order valence-corrected chi connectivity index (χ4v) is 1.71. The van der Waals surface area contributed by atoms with Crippen LogP contribution in [-0.2, 0) is 0 Å². The van der Waals surface area contributed by atoms with Crippen molar-refractivity contribution in [2.75, 3.05) is 7.05 Å². The van der Waals surface area contributed by atoms with Crippen LogP contribution in [-0.4, -0.2) is 38.7 Å². The lowest BCUT2D eigenvalue weighted by Gasteiger charge is -2.03. The maximum atomic E-state index is 11.4. The Morgan fingerprint density at radius 1 is 1.38 bits per heavy atom. The van der Waals surface area contributed by atoms with Crippen LogP contribution in [0, 0.1) is 10.1 Å². The molecule has 0 atom stereocenters. The minimum absolute atomic E-state index is 0.141.